The number of rotatable bonds is 2. The second kappa shape index (κ2) is 3.46. The van der Waals surface area contributed by atoms with Gasteiger partial charge in [0.15, 0.2) is 6.29 Å². The third-order valence-electron chi connectivity index (χ3n) is 2.11. The van der Waals surface area contributed by atoms with Gasteiger partial charge < -0.3 is 0 Å². The molecule has 3 nitrogen and oxygen atoms in total. The molecule has 0 radical (unpaired) electrons. The van der Waals surface area contributed by atoms with Crippen LogP contribution in [-0.4, -0.2) is 15.8 Å². The van der Waals surface area contributed by atoms with Crippen molar-refractivity contribution < 1.29 is 4.79 Å². The highest BCUT2D eigenvalue weighted by Crippen LogP contribution is 2.12. The maximum atomic E-state index is 10.8. The first-order valence-corrected chi connectivity index (χ1v) is 4.38. The Morgan fingerprint density at radius 1 is 1.29 bits per heavy atom. The first-order valence-electron chi connectivity index (χ1n) is 4.38. The molecule has 0 aliphatic rings. The molecule has 0 amide bonds. The third-order valence-corrected chi connectivity index (χ3v) is 2.11. The lowest BCUT2D eigenvalue weighted by Gasteiger charge is -2.06. The third kappa shape index (κ3) is 1.33. The van der Waals surface area contributed by atoms with E-state index < -0.39 is 0 Å². The van der Waals surface area contributed by atoms with E-state index in [1.807, 2.05) is 35.8 Å². The van der Waals surface area contributed by atoms with Gasteiger partial charge in [0.05, 0.1) is 5.69 Å². The Kier molecular flexibility index (Phi) is 2.14. The SMILES string of the molecule is Cc1ccc(C=O)n1-c1ccccn1. The zero-order valence-electron chi connectivity index (χ0n) is 7.84. The fraction of sp³-hybridized carbons (Fsp3) is 0.0909. The highest BCUT2D eigenvalue weighted by Gasteiger charge is 2.05. The van der Waals surface area contributed by atoms with Crippen LogP contribution in [0.2, 0.25) is 0 Å². The Hall–Kier alpha value is -1.90. The van der Waals surface area contributed by atoms with E-state index in [0.717, 1.165) is 17.8 Å². The number of aldehydes is 1. The van der Waals surface area contributed by atoms with Gasteiger partial charge in [-0.2, -0.15) is 0 Å². The number of hydrogen-bond acceptors (Lipinski definition) is 2. The molecule has 2 rings (SSSR count). The van der Waals surface area contributed by atoms with Gasteiger partial charge >= 0.3 is 0 Å². The molecule has 2 heterocycles. The molecule has 14 heavy (non-hydrogen) atoms. The Balaban J connectivity index is 2.61. The van der Waals surface area contributed by atoms with Crippen molar-refractivity contribution in [3.05, 3.63) is 47.9 Å². The highest BCUT2D eigenvalue weighted by atomic mass is 16.1. The fourth-order valence-corrected chi connectivity index (χ4v) is 1.45. The maximum absolute atomic E-state index is 10.8. The summed E-state index contributed by atoms with van der Waals surface area (Å²) in [5, 5.41) is 0. The van der Waals surface area contributed by atoms with Crippen LogP contribution in [0.3, 0.4) is 0 Å². The van der Waals surface area contributed by atoms with E-state index in [-0.39, 0.29) is 0 Å². The summed E-state index contributed by atoms with van der Waals surface area (Å²) in [6.07, 6.45) is 2.55. The zero-order valence-corrected chi connectivity index (χ0v) is 7.84. The van der Waals surface area contributed by atoms with Crippen LogP contribution in [0.4, 0.5) is 0 Å². The maximum Gasteiger partial charge on any atom is 0.166 e. The summed E-state index contributed by atoms with van der Waals surface area (Å²) in [6.45, 7) is 1.95. The van der Waals surface area contributed by atoms with E-state index in [9.17, 15) is 4.79 Å². The van der Waals surface area contributed by atoms with E-state index in [2.05, 4.69) is 4.98 Å². The Morgan fingerprint density at radius 3 is 2.79 bits per heavy atom. The topological polar surface area (TPSA) is 34.9 Å². The average molecular weight is 186 g/mol. The predicted molar refractivity (Wildman–Crippen MR) is 53.7 cm³/mol. The summed E-state index contributed by atoms with van der Waals surface area (Å²) in [6, 6.07) is 9.31. The summed E-state index contributed by atoms with van der Waals surface area (Å²) in [5.41, 5.74) is 1.63. The predicted octanol–water partition coefficient (Wildman–Crippen LogP) is 1.99. The summed E-state index contributed by atoms with van der Waals surface area (Å²) in [7, 11) is 0. The first kappa shape index (κ1) is 8.69. The molecular weight excluding hydrogens is 176 g/mol. The summed E-state index contributed by atoms with van der Waals surface area (Å²) in [5.74, 6) is 0.775. The molecule has 0 spiro atoms. The van der Waals surface area contributed by atoms with E-state index in [1.165, 1.54) is 0 Å². The van der Waals surface area contributed by atoms with Crippen molar-refractivity contribution in [1.29, 1.82) is 0 Å². The molecule has 0 aliphatic heterocycles. The first-order chi connectivity index (χ1) is 6.83. The molecule has 0 fully saturated rings. The van der Waals surface area contributed by atoms with Gasteiger partial charge in [-0.3, -0.25) is 9.36 Å². The number of nitrogens with zero attached hydrogens (tertiary/aromatic N) is 2. The normalized spacial score (nSPS) is 10.1. The number of hydrogen-bond donors (Lipinski definition) is 0. The Morgan fingerprint density at radius 2 is 2.14 bits per heavy atom. The van der Waals surface area contributed by atoms with E-state index >= 15 is 0 Å². The van der Waals surface area contributed by atoms with Crippen LogP contribution < -0.4 is 0 Å². The molecule has 0 bridgehead atoms. The van der Waals surface area contributed by atoms with Crippen LogP contribution in [0, 0.1) is 6.92 Å². The molecular formula is C11H10N2O. The number of carbonyl (C=O) groups is 1. The molecule has 2 aromatic heterocycles. The zero-order chi connectivity index (χ0) is 9.97. The van der Waals surface area contributed by atoms with Gasteiger partial charge in [-0.05, 0) is 31.2 Å². The van der Waals surface area contributed by atoms with Crippen molar-refractivity contribution in [2.45, 2.75) is 6.92 Å². The van der Waals surface area contributed by atoms with Crippen LogP contribution in [0.25, 0.3) is 5.82 Å². The van der Waals surface area contributed by atoms with Crippen molar-refractivity contribution in [3.63, 3.8) is 0 Å². The quantitative estimate of drug-likeness (QED) is 0.672. The van der Waals surface area contributed by atoms with Crippen LogP contribution >= 0.6 is 0 Å². The Bertz CT molecular complexity index is 446. The van der Waals surface area contributed by atoms with E-state index in [0.29, 0.717) is 5.69 Å². The van der Waals surface area contributed by atoms with Gasteiger partial charge in [0.1, 0.15) is 5.82 Å². The molecule has 0 saturated heterocycles. The lowest BCUT2D eigenvalue weighted by atomic mass is 10.4. The molecule has 3 heteroatoms. The number of pyridine rings is 1. The van der Waals surface area contributed by atoms with Gasteiger partial charge in [0.25, 0.3) is 0 Å². The van der Waals surface area contributed by atoms with Gasteiger partial charge in [-0.15, -0.1) is 0 Å². The largest absolute Gasteiger partial charge is 0.296 e. The molecule has 0 aliphatic carbocycles. The van der Waals surface area contributed by atoms with Crippen LogP contribution in [0.5, 0.6) is 0 Å². The molecule has 0 unspecified atom stereocenters. The average Bonchev–Trinajstić information content (AvgIpc) is 2.61. The van der Waals surface area contributed by atoms with Crippen LogP contribution in [-0.2, 0) is 0 Å². The van der Waals surface area contributed by atoms with Gasteiger partial charge in [0, 0.05) is 11.9 Å². The van der Waals surface area contributed by atoms with Crippen LogP contribution in [0.1, 0.15) is 16.2 Å². The van der Waals surface area contributed by atoms with Crippen molar-refractivity contribution in [2.75, 3.05) is 0 Å². The number of aryl methyl sites for hydroxylation is 1. The number of aromatic nitrogens is 2. The summed E-state index contributed by atoms with van der Waals surface area (Å²) >= 11 is 0. The highest BCUT2D eigenvalue weighted by molar-refractivity contribution is 5.74. The summed E-state index contributed by atoms with van der Waals surface area (Å²) in [4.78, 5) is 15.0. The van der Waals surface area contributed by atoms with Crippen molar-refractivity contribution in [3.8, 4) is 5.82 Å². The van der Waals surface area contributed by atoms with Crippen molar-refractivity contribution in [1.82, 2.24) is 9.55 Å². The smallest absolute Gasteiger partial charge is 0.166 e. The minimum absolute atomic E-state index is 0.626. The molecule has 0 N–H and O–H groups in total. The van der Waals surface area contributed by atoms with E-state index in [4.69, 9.17) is 0 Å². The molecule has 0 aromatic carbocycles. The second-order valence-corrected chi connectivity index (χ2v) is 3.04. The van der Waals surface area contributed by atoms with Crippen molar-refractivity contribution >= 4 is 6.29 Å². The number of carbonyl (C=O) groups excluding carboxylic acids is 1. The fourth-order valence-electron chi connectivity index (χ4n) is 1.45. The molecule has 70 valence electrons. The van der Waals surface area contributed by atoms with Gasteiger partial charge in [0.2, 0.25) is 0 Å². The molecule has 0 atom stereocenters. The summed E-state index contributed by atoms with van der Waals surface area (Å²) < 4.78 is 1.83. The lowest BCUT2D eigenvalue weighted by molar-refractivity contribution is 0.111. The minimum Gasteiger partial charge on any atom is -0.296 e. The van der Waals surface area contributed by atoms with Crippen LogP contribution in [0.15, 0.2) is 36.5 Å². The van der Waals surface area contributed by atoms with Gasteiger partial charge in [-0.1, -0.05) is 6.07 Å². The van der Waals surface area contributed by atoms with E-state index in [1.54, 1.807) is 12.3 Å². The lowest BCUT2D eigenvalue weighted by Crippen LogP contribution is -2.02. The standard InChI is InChI=1S/C11H10N2O/c1-9-5-6-10(8-14)13(9)11-4-2-3-7-12-11/h2-8H,1H3. The van der Waals surface area contributed by atoms with Crippen molar-refractivity contribution in [2.24, 2.45) is 0 Å². The second-order valence-electron chi connectivity index (χ2n) is 3.04. The molecule has 2 aromatic rings. The Labute approximate surface area is 82.0 Å². The molecule has 0 saturated carbocycles. The monoisotopic (exact) mass is 186 g/mol. The van der Waals surface area contributed by atoms with Gasteiger partial charge in [-0.25, -0.2) is 4.98 Å². The minimum atomic E-state index is 0.626.